The summed E-state index contributed by atoms with van der Waals surface area (Å²) in [6, 6.07) is 0. The van der Waals surface area contributed by atoms with Gasteiger partial charge in [0.05, 0.1) is 6.20 Å². The first-order valence-electron chi connectivity index (χ1n) is 7.96. The van der Waals surface area contributed by atoms with Crippen LogP contribution in [0.15, 0.2) is 17.6 Å². The third-order valence-electron chi connectivity index (χ3n) is 4.06. The zero-order chi connectivity index (χ0) is 15.4. The monoisotopic (exact) mass is 320 g/mol. The minimum absolute atomic E-state index is 0.507. The van der Waals surface area contributed by atoms with Crippen LogP contribution < -0.4 is 5.32 Å². The molecule has 7 heteroatoms. The zero-order valence-corrected chi connectivity index (χ0v) is 14.1. The Hall–Kier alpha value is -1.34. The fraction of sp³-hybridized carbons (Fsp3) is 0.667. The number of nitrogens with zero attached hydrogens (tertiary/aromatic N) is 5. The van der Waals surface area contributed by atoms with Crippen molar-refractivity contribution < 1.29 is 0 Å². The molecule has 0 radical (unpaired) electrons. The van der Waals surface area contributed by atoms with E-state index in [1.807, 2.05) is 10.9 Å². The van der Waals surface area contributed by atoms with Crippen molar-refractivity contribution in [2.45, 2.75) is 43.8 Å². The second kappa shape index (κ2) is 7.28. The molecule has 1 fully saturated rings. The van der Waals surface area contributed by atoms with Gasteiger partial charge in [0.25, 0.3) is 0 Å². The summed E-state index contributed by atoms with van der Waals surface area (Å²) in [6.45, 7) is 5.18. The maximum atomic E-state index is 4.41. The Morgan fingerprint density at radius 1 is 1.41 bits per heavy atom. The van der Waals surface area contributed by atoms with Crippen LogP contribution in [-0.4, -0.2) is 43.4 Å². The highest BCUT2D eigenvalue weighted by Crippen LogP contribution is 2.25. The quantitative estimate of drug-likeness (QED) is 0.651. The van der Waals surface area contributed by atoms with Crippen LogP contribution in [0, 0.1) is 6.92 Å². The van der Waals surface area contributed by atoms with E-state index in [9.17, 15) is 0 Å². The average Bonchev–Trinajstić information content (AvgIpc) is 3.11. The summed E-state index contributed by atoms with van der Waals surface area (Å²) in [5, 5.41) is 17.6. The molecule has 1 aliphatic rings. The van der Waals surface area contributed by atoms with Crippen molar-refractivity contribution >= 4 is 11.8 Å². The van der Waals surface area contributed by atoms with Gasteiger partial charge in [-0.3, -0.25) is 4.68 Å². The number of rotatable bonds is 6. The van der Waals surface area contributed by atoms with Crippen LogP contribution >= 0.6 is 11.8 Å². The van der Waals surface area contributed by atoms with Gasteiger partial charge in [-0.05, 0) is 38.3 Å². The highest BCUT2D eigenvalue weighted by Gasteiger charge is 2.21. The Kier molecular flexibility index (Phi) is 5.15. The average molecular weight is 320 g/mol. The maximum Gasteiger partial charge on any atom is 0.190 e. The SMILES string of the molecule is Cc1cnn(CCCSc2nnc([C@H]3CCCNC3)n2C)c1. The lowest BCUT2D eigenvalue weighted by atomic mass is 9.99. The Bertz CT molecular complexity index is 599. The van der Waals surface area contributed by atoms with E-state index in [2.05, 4.69) is 45.3 Å². The summed E-state index contributed by atoms with van der Waals surface area (Å²) < 4.78 is 4.17. The van der Waals surface area contributed by atoms with Crippen molar-refractivity contribution in [2.75, 3.05) is 18.8 Å². The molecule has 0 amide bonds. The summed E-state index contributed by atoms with van der Waals surface area (Å²) in [5.74, 6) is 2.67. The van der Waals surface area contributed by atoms with Crippen molar-refractivity contribution in [1.82, 2.24) is 29.9 Å². The van der Waals surface area contributed by atoms with Crippen molar-refractivity contribution in [1.29, 1.82) is 0 Å². The lowest BCUT2D eigenvalue weighted by molar-refractivity contribution is 0.436. The molecule has 6 nitrogen and oxygen atoms in total. The molecule has 120 valence electrons. The molecule has 0 spiro atoms. The van der Waals surface area contributed by atoms with E-state index in [1.54, 1.807) is 11.8 Å². The molecular weight excluding hydrogens is 296 g/mol. The van der Waals surface area contributed by atoms with E-state index in [-0.39, 0.29) is 0 Å². The van der Waals surface area contributed by atoms with Gasteiger partial charge in [-0.25, -0.2) is 0 Å². The Balaban J connectivity index is 1.49. The number of nitrogens with one attached hydrogen (secondary N) is 1. The topological polar surface area (TPSA) is 60.6 Å². The van der Waals surface area contributed by atoms with Crippen molar-refractivity contribution in [2.24, 2.45) is 7.05 Å². The molecule has 0 bridgehead atoms. The largest absolute Gasteiger partial charge is 0.316 e. The maximum absolute atomic E-state index is 4.41. The van der Waals surface area contributed by atoms with Crippen LogP contribution in [0.3, 0.4) is 0 Å². The first-order valence-corrected chi connectivity index (χ1v) is 8.94. The minimum Gasteiger partial charge on any atom is -0.316 e. The Morgan fingerprint density at radius 3 is 3.05 bits per heavy atom. The molecule has 0 unspecified atom stereocenters. The third kappa shape index (κ3) is 3.70. The van der Waals surface area contributed by atoms with Gasteiger partial charge in [-0.15, -0.1) is 10.2 Å². The van der Waals surface area contributed by atoms with Crippen molar-refractivity contribution in [3.8, 4) is 0 Å². The van der Waals surface area contributed by atoms with Crippen molar-refractivity contribution in [3.63, 3.8) is 0 Å². The lowest BCUT2D eigenvalue weighted by Gasteiger charge is -2.21. The fourth-order valence-corrected chi connectivity index (χ4v) is 3.70. The zero-order valence-electron chi connectivity index (χ0n) is 13.3. The molecule has 0 saturated carbocycles. The van der Waals surface area contributed by atoms with Gasteiger partial charge in [0.15, 0.2) is 5.16 Å². The van der Waals surface area contributed by atoms with Crippen molar-refractivity contribution in [3.05, 3.63) is 23.8 Å². The number of hydrogen-bond donors (Lipinski definition) is 1. The first kappa shape index (κ1) is 15.6. The second-order valence-corrected chi connectivity index (χ2v) is 6.99. The summed E-state index contributed by atoms with van der Waals surface area (Å²) in [6.07, 6.45) is 7.51. The highest BCUT2D eigenvalue weighted by atomic mass is 32.2. The summed E-state index contributed by atoms with van der Waals surface area (Å²) in [7, 11) is 2.09. The van der Waals surface area contributed by atoms with Gasteiger partial charge < -0.3 is 9.88 Å². The molecule has 0 aromatic carbocycles. The molecule has 22 heavy (non-hydrogen) atoms. The molecule has 1 aliphatic heterocycles. The van der Waals surface area contributed by atoms with Gasteiger partial charge in [-0.2, -0.15) is 5.10 Å². The summed E-state index contributed by atoms with van der Waals surface area (Å²) >= 11 is 1.79. The van der Waals surface area contributed by atoms with Gasteiger partial charge in [0.1, 0.15) is 5.82 Å². The van der Waals surface area contributed by atoms with E-state index in [0.717, 1.165) is 42.8 Å². The number of aromatic nitrogens is 5. The van der Waals surface area contributed by atoms with E-state index in [4.69, 9.17) is 0 Å². The smallest absolute Gasteiger partial charge is 0.190 e. The number of thioether (sulfide) groups is 1. The Morgan fingerprint density at radius 2 is 2.32 bits per heavy atom. The van der Waals surface area contributed by atoms with Crippen LogP contribution in [0.5, 0.6) is 0 Å². The molecule has 0 aliphatic carbocycles. The molecule has 3 rings (SSSR count). The van der Waals surface area contributed by atoms with E-state index in [1.165, 1.54) is 18.4 Å². The predicted octanol–water partition coefficient (Wildman–Crippen LogP) is 1.97. The van der Waals surface area contributed by atoms with E-state index < -0.39 is 0 Å². The molecule has 1 N–H and O–H groups in total. The van der Waals surface area contributed by atoms with Crippen LogP contribution in [0.2, 0.25) is 0 Å². The predicted molar refractivity (Wildman–Crippen MR) is 88.2 cm³/mol. The van der Waals surface area contributed by atoms with Crippen LogP contribution in [-0.2, 0) is 13.6 Å². The summed E-state index contributed by atoms with van der Waals surface area (Å²) in [5.41, 5.74) is 1.21. The lowest BCUT2D eigenvalue weighted by Crippen LogP contribution is -2.29. The first-order chi connectivity index (χ1) is 10.7. The highest BCUT2D eigenvalue weighted by molar-refractivity contribution is 7.99. The number of hydrogen-bond acceptors (Lipinski definition) is 5. The third-order valence-corrected chi connectivity index (χ3v) is 5.16. The van der Waals surface area contributed by atoms with Gasteiger partial charge >= 0.3 is 0 Å². The number of aryl methyl sites for hydroxylation is 2. The van der Waals surface area contributed by atoms with Crippen LogP contribution in [0.25, 0.3) is 0 Å². The Labute approximate surface area is 135 Å². The molecular formula is C15H24N6S. The molecule has 1 atom stereocenters. The molecule has 3 heterocycles. The van der Waals surface area contributed by atoms with Gasteiger partial charge in [0.2, 0.25) is 0 Å². The standard InChI is InChI=1S/C15H24N6S/c1-12-9-17-21(11-12)7-4-8-22-15-19-18-14(20(15)2)13-5-3-6-16-10-13/h9,11,13,16H,3-8,10H2,1-2H3/t13-/m0/s1. The van der Waals surface area contributed by atoms with E-state index >= 15 is 0 Å². The van der Waals surface area contributed by atoms with Crippen LogP contribution in [0.4, 0.5) is 0 Å². The van der Waals surface area contributed by atoms with E-state index in [0.29, 0.717) is 5.92 Å². The van der Waals surface area contributed by atoms with Crippen LogP contribution in [0.1, 0.15) is 36.6 Å². The fourth-order valence-electron chi connectivity index (χ4n) is 2.86. The molecule has 2 aromatic rings. The summed E-state index contributed by atoms with van der Waals surface area (Å²) in [4.78, 5) is 0. The normalized spacial score (nSPS) is 18.7. The molecule has 1 saturated heterocycles. The van der Waals surface area contributed by atoms with Gasteiger partial charge in [-0.1, -0.05) is 11.8 Å². The number of piperidine rings is 1. The second-order valence-electron chi connectivity index (χ2n) is 5.93. The minimum atomic E-state index is 0.507. The van der Waals surface area contributed by atoms with Gasteiger partial charge in [0, 0.05) is 38.0 Å². The molecule has 2 aromatic heterocycles.